The third-order valence-electron chi connectivity index (χ3n) is 4.63. The van der Waals surface area contributed by atoms with Crippen molar-refractivity contribution in [3.63, 3.8) is 0 Å². The van der Waals surface area contributed by atoms with Crippen LogP contribution in [-0.4, -0.2) is 20.9 Å². The normalized spacial score (nSPS) is 28.3. The smallest absolute Gasteiger partial charge is 0.307 e. The van der Waals surface area contributed by atoms with Gasteiger partial charge in [-0.25, -0.2) is 0 Å². The molecule has 2 rings (SSSR count). The first-order valence-electron chi connectivity index (χ1n) is 7.01. The van der Waals surface area contributed by atoms with E-state index >= 15 is 0 Å². The zero-order chi connectivity index (χ0) is 14.2. The molecule has 0 bridgehead atoms. The predicted octanol–water partition coefficient (Wildman–Crippen LogP) is 3.05. The number of carboxylic acids is 1. The number of hydrogen-bond donors (Lipinski definition) is 1. The number of hydrogen-bond acceptors (Lipinski definition) is 2. The monoisotopic (exact) mass is 264 g/mol. The van der Waals surface area contributed by atoms with Crippen LogP contribution in [0.25, 0.3) is 0 Å². The van der Waals surface area contributed by atoms with E-state index in [2.05, 4.69) is 25.9 Å². The van der Waals surface area contributed by atoms with Crippen LogP contribution in [0.2, 0.25) is 0 Å². The Kier molecular flexibility index (Phi) is 3.70. The minimum absolute atomic E-state index is 0.0861. The Morgan fingerprint density at radius 1 is 1.42 bits per heavy atom. The van der Waals surface area contributed by atoms with E-state index in [1.165, 1.54) is 0 Å². The molecular formula is C15H24N2O2. The molecule has 0 aliphatic heterocycles. The summed E-state index contributed by atoms with van der Waals surface area (Å²) >= 11 is 0. The standard InChI is InChI=1S/C15H24N2O2/c1-15(2,3)10-5-6-11(14(18)19)12(9-10)13-7-8-16-17(13)4/h7-8,10-12H,5-6,9H2,1-4H3,(H,18,19). The highest BCUT2D eigenvalue weighted by molar-refractivity contribution is 5.71. The second-order valence-electron chi connectivity index (χ2n) is 6.81. The molecule has 1 fully saturated rings. The van der Waals surface area contributed by atoms with Gasteiger partial charge in [0, 0.05) is 24.9 Å². The zero-order valence-electron chi connectivity index (χ0n) is 12.3. The highest BCUT2D eigenvalue weighted by Crippen LogP contribution is 2.46. The molecule has 19 heavy (non-hydrogen) atoms. The molecular weight excluding hydrogens is 240 g/mol. The van der Waals surface area contributed by atoms with Gasteiger partial charge in [0.25, 0.3) is 0 Å². The van der Waals surface area contributed by atoms with E-state index in [4.69, 9.17) is 0 Å². The van der Waals surface area contributed by atoms with E-state index in [0.29, 0.717) is 5.92 Å². The van der Waals surface area contributed by atoms with Crippen LogP contribution >= 0.6 is 0 Å². The Labute approximate surface area is 114 Å². The van der Waals surface area contributed by atoms with Crippen LogP contribution < -0.4 is 0 Å². The fraction of sp³-hybridized carbons (Fsp3) is 0.733. The highest BCUT2D eigenvalue weighted by Gasteiger charge is 2.40. The largest absolute Gasteiger partial charge is 0.481 e. The van der Waals surface area contributed by atoms with Gasteiger partial charge in [-0.2, -0.15) is 5.10 Å². The number of aryl methyl sites for hydroxylation is 1. The van der Waals surface area contributed by atoms with Crippen molar-refractivity contribution in [2.45, 2.75) is 46.0 Å². The van der Waals surface area contributed by atoms with Crippen LogP contribution in [0.3, 0.4) is 0 Å². The van der Waals surface area contributed by atoms with Gasteiger partial charge in [-0.3, -0.25) is 9.48 Å². The molecule has 0 radical (unpaired) electrons. The van der Waals surface area contributed by atoms with Crippen LogP contribution in [0, 0.1) is 17.3 Å². The fourth-order valence-electron chi connectivity index (χ4n) is 3.33. The molecule has 3 unspecified atom stereocenters. The Hall–Kier alpha value is -1.32. The average Bonchev–Trinajstić information content (AvgIpc) is 2.73. The van der Waals surface area contributed by atoms with Crippen molar-refractivity contribution in [1.82, 2.24) is 9.78 Å². The molecule has 1 aliphatic carbocycles. The molecule has 4 nitrogen and oxygen atoms in total. The molecule has 106 valence electrons. The molecule has 1 N–H and O–H groups in total. The van der Waals surface area contributed by atoms with Gasteiger partial charge in [-0.05, 0) is 36.7 Å². The van der Waals surface area contributed by atoms with Crippen molar-refractivity contribution < 1.29 is 9.90 Å². The lowest BCUT2D eigenvalue weighted by Crippen LogP contribution is -2.35. The molecule has 0 amide bonds. The Morgan fingerprint density at radius 2 is 2.11 bits per heavy atom. The van der Waals surface area contributed by atoms with Crippen molar-refractivity contribution in [2.24, 2.45) is 24.3 Å². The first kappa shape index (κ1) is 14.1. The zero-order valence-corrected chi connectivity index (χ0v) is 12.3. The molecule has 0 saturated heterocycles. The van der Waals surface area contributed by atoms with E-state index in [-0.39, 0.29) is 17.3 Å². The molecule has 1 aromatic heterocycles. The van der Waals surface area contributed by atoms with Crippen molar-refractivity contribution in [2.75, 3.05) is 0 Å². The lowest BCUT2D eigenvalue weighted by molar-refractivity contribution is -0.144. The van der Waals surface area contributed by atoms with E-state index in [0.717, 1.165) is 25.0 Å². The molecule has 1 saturated carbocycles. The van der Waals surface area contributed by atoms with Crippen LogP contribution in [0.4, 0.5) is 0 Å². The van der Waals surface area contributed by atoms with Gasteiger partial charge >= 0.3 is 5.97 Å². The molecule has 0 aromatic carbocycles. The van der Waals surface area contributed by atoms with Crippen molar-refractivity contribution in [3.05, 3.63) is 18.0 Å². The highest BCUT2D eigenvalue weighted by atomic mass is 16.4. The maximum atomic E-state index is 11.5. The number of carboxylic acid groups (broad SMARTS) is 1. The van der Waals surface area contributed by atoms with Crippen molar-refractivity contribution in [1.29, 1.82) is 0 Å². The SMILES string of the molecule is Cn1nccc1C1CC(C(C)(C)C)CCC1C(=O)O. The van der Waals surface area contributed by atoms with Crippen LogP contribution in [0.15, 0.2) is 12.3 Å². The van der Waals surface area contributed by atoms with Crippen LogP contribution in [-0.2, 0) is 11.8 Å². The number of aromatic nitrogens is 2. The van der Waals surface area contributed by atoms with Gasteiger partial charge in [-0.15, -0.1) is 0 Å². The predicted molar refractivity (Wildman–Crippen MR) is 73.9 cm³/mol. The lowest BCUT2D eigenvalue weighted by atomic mass is 9.65. The van der Waals surface area contributed by atoms with Crippen molar-refractivity contribution in [3.8, 4) is 0 Å². The van der Waals surface area contributed by atoms with Gasteiger partial charge in [0.05, 0.1) is 5.92 Å². The van der Waals surface area contributed by atoms with E-state index in [1.54, 1.807) is 6.20 Å². The number of aliphatic carboxylic acids is 1. The van der Waals surface area contributed by atoms with Gasteiger partial charge in [0.2, 0.25) is 0 Å². The van der Waals surface area contributed by atoms with Gasteiger partial charge in [0.1, 0.15) is 0 Å². The van der Waals surface area contributed by atoms with E-state index in [9.17, 15) is 9.90 Å². The molecule has 1 heterocycles. The number of carbonyl (C=O) groups is 1. The second-order valence-corrected chi connectivity index (χ2v) is 6.81. The molecule has 0 spiro atoms. The summed E-state index contributed by atoms with van der Waals surface area (Å²) in [5.41, 5.74) is 1.29. The van der Waals surface area contributed by atoms with E-state index < -0.39 is 5.97 Å². The van der Waals surface area contributed by atoms with E-state index in [1.807, 2.05) is 17.8 Å². The van der Waals surface area contributed by atoms with Gasteiger partial charge in [0.15, 0.2) is 0 Å². The summed E-state index contributed by atoms with van der Waals surface area (Å²) in [5.74, 6) is -0.279. The minimum atomic E-state index is -0.668. The quantitative estimate of drug-likeness (QED) is 0.893. The summed E-state index contributed by atoms with van der Waals surface area (Å²) in [6.07, 6.45) is 4.48. The second kappa shape index (κ2) is 4.99. The molecule has 4 heteroatoms. The van der Waals surface area contributed by atoms with Crippen molar-refractivity contribution >= 4 is 5.97 Å². The molecule has 1 aliphatic rings. The third kappa shape index (κ3) is 2.82. The summed E-state index contributed by atoms with van der Waals surface area (Å²) in [6, 6.07) is 1.96. The first-order valence-corrected chi connectivity index (χ1v) is 7.01. The Morgan fingerprint density at radius 3 is 2.58 bits per heavy atom. The molecule has 3 atom stereocenters. The first-order chi connectivity index (χ1) is 8.80. The minimum Gasteiger partial charge on any atom is -0.481 e. The van der Waals surface area contributed by atoms with Gasteiger partial charge < -0.3 is 5.11 Å². The summed E-state index contributed by atoms with van der Waals surface area (Å²) in [6.45, 7) is 6.75. The summed E-state index contributed by atoms with van der Waals surface area (Å²) in [4.78, 5) is 11.5. The average molecular weight is 264 g/mol. The molecule has 1 aromatic rings. The van der Waals surface area contributed by atoms with Crippen LogP contribution in [0.1, 0.15) is 51.6 Å². The maximum absolute atomic E-state index is 11.5. The topological polar surface area (TPSA) is 55.1 Å². The maximum Gasteiger partial charge on any atom is 0.307 e. The number of rotatable bonds is 2. The van der Waals surface area contributed by atoms with Gasteiger partial charge in [-0.1, -0.05) is 20.8 Å². The summed E-state index contributed by atoms with van der Waals surface area (Å²) in [7, 11) is 1.90. The summed E-state index contributed by atoms with van der Waals surface area (Å²) in [5, 5.41) is 13.7. The Bertz CT molecular complexity index is 459. The lowest BCUT2D eigenvalue weighted by Gasteiger charge is -2.40. The number of nitrogens with zero attached hydrogens (tertiary/aromatic N) is 2. The third-order valence-corrected chi connectivity index (χ3v) is 4.63. The van der Waals surface area contributed by atoms with Crippen LogP contribution in [0.5, 0.6) is 0 Å². The summed E-state index contributed by atoms with van der Waals surface area (Å²) < 4.78 is 1.83. The fourth-order valence-corrected chi connectivity index (χ4v) is 3.33. The Balaban J connectivity index is 2.28.